The van der Waals surface area contributed by atoms with Gasteiger partial charge in [0.2, 0.25) is 0 Å². The third-order valence-corrected chi connectivity index (χ3v) is 22.2. The second-order valence-corrected chi connectivity index (χ2v) is 34.2. The molecule has 0 aliphatic heterocycles. The first-order chi connectivity index (χ1) is 50.4. The second kappa shape index (κ2) is 76.4. The molecule has 17 nitrogen and oxygen atoms in total. The number of phosphoric ester groups is 2. The highest BCUT2D eigenvalue weighted by molar-refractivity contribution is 7.47. The first-order valence-electron chi connectivity index (χ1n) is 44.0. The van der Waals surface area contributed by atoms with E-state index in [0.717, 1.165) is 115 Å². The molecule has 0 aliphatic carbocycles. The third-order valence-electron chi connectivity index (χ3n) is 20.3. The van der Waals surface area contributed by atoms with E-state index in [0.29, 0.717) is 25.7 Å². The molecule has 0 radical (unpaired) electrons. The number of unbranched alkanes of at least 4 members (excludes halogenated alkanes) is 53. The number of aliphatic hydroxyl groups is 1. The topological polar surface area (TPSA) is 237 Å². The molecule has 0 spiro atoms. The van der Waals surface area contributed by atoms with Gasteiger partial charge in [0.15, 0.2) is 12.2 Å². The SMILES string of the molecule is CCCCCCCCCCCCCCCCCCCCCCCC(=O)O[C@H](COC(=O)CCCCCCCCCCCCCCCCCC(C)C)COP(=O)(O)OC[C@@H](O)COP(=O)(O)OC[C@@H](COC(=O)CCCCCCCCC)OC(=O)CCCCCCCCCCCCCCCCC(C)CC. The molecule has 0 rings (SSSR count). The molecule has 0 saturated heterocycles. The zero-order chi connectivity index (χ0) is 76.4. The molecule has 0 bridgehead atoms. The van der Waals surface area contributed by atoms with Crippen molar-refractivity contribution in [3.63, 3.8) is 0 Å². The maximum Gasteiger partial charge on any atom is 0.472 e. The van der Waals surface area contributed by atoms with Gasteiger partial charge in [-0.1, -0.05) is 401 Å². The van der Waals surface area contributed by atoms with Crippen molar-refractivity contribution in [1.82, 2.24) is 0 Å². The normalized spacial score (nSPS) is 14.1. The van der Waals surface area contributed by atoms with Crippen molar-refractivity contribution in [3.8, 4) is 0 Å². The molecule has 3 N–H and O–H groups in total. The van der Waals surface area contributed by atoms with E-state index in [2.05, 4.69) is 41.5 Å². The van der Waals surface area contributed by atoms with Crippen LogP contribution in [0.25, 0.3) is 0 Å². The van der Waals surface area contributed by atoms with Crippen LogP contribution in [0.4, 0.5) is 0 Å². The number of hydrogen-bond acceptors (Lipinski definition) is 15. The molecule has 104 heavy (non-hydrogen) atoms. The summed E-state index contributed by atoms with van der Waals surface area (Å²) in [6.07, 6.45) is 68.2. The van der Waals surface area contributed by atoms with Crippen LogP contribution in [0, 0.1) is 11.8 Å². The zero-order valence-corrected chi connectivity index (χ0v) is 70.1. The maximum atomic E-state index is 13.1. The Bertz CT molecular complexity index is 2000. The van der Waals surface area contributed by atoms with Gasteiger partial charge < -0.3 is 33.8 Å². The number of carbonyl (C=O) groups excluding carboxylic acids is 4. The van der Waals surface area contributed by atoms with Gasteiger partial charge in [0, 0.05) is 25.7 Å². The maximum absolute atomic E-state index is 13.1. The Balaban J connectivity index is 5.16. The van der Waals surface area contributed by atoms with Crippen LogP contribution in [0.5, 0.6) is 0 Å². The molecule has 618 valence electrons. The molecule has 0 aromatic carbocycles. The van der Waals surface area contributed by atoms with Crippen molar-refractivity contribution in [2.24, 2.45) is 11.8 Å². The standard InChI is InChI=1S/C85H166O17P2/c1-7-10-12-14-16-17-18-19-20-21-22-23-24-25-28-35-40-45-51-57-63-70-85(90)102-81(74-96-83(88)68-62-56-50-44-39-34-29-26-27-32-37-42-48-53-59-65-77(4)5)76-100-104(93,94)98-72-79(86)71-97-103(91,92)99-75-80(73-95-82(87)67-61-55-47-15-13-11-8-2)101-84(89)69-64-58-52-46-41-36-31-30-33-38-43-49-54-60-66-78(6)9-3/h77-81,86H,7-76H2,1-6H3,(H,91,92)(H,93,94)/t78?,79-,80+,81+/m0/s1. The molecule has 0 amide bonds. The summed E-state index contributed by atoms with van der Waals surface area (Å²) in [7, 11) is -9.92. The lowest BCUT2D eigenvalue weighted by Gasteiger charge is -2.21. The molecular formula is C85H166O17P2. The Labute approximate surface area is 638 Å². The van der Waals surface area contributed by atoms with E-state index in [4.69, 9.17) is 37.0 Å². The van der Waals surface area contributed by atoms with Gasteiger partial charge >= 0.3 is 39.5 Å². The minimum Gasteiger partial charge on any atom is -0.462 e. The number of phosphoric acid groups is 2. The van der Waals surface area contributed by atoms with Gasteiger partial charge in [-0.15, -0.1) is 0 Å². The van der Waals surface area contributed by atoms with Crippen LogP contribution in [0.1, 0.15) is 452 Å². The van der Waals surface area contributed by atoms with Gasteiger partial charge in [-0.25, -0.2) is 9.13 Å². The fraction of sp³-hybridized carbons (Fsp3) is 0.953. The number of hydrogen-bond donors (Lipinski definition) is 3. The minimum atomic E-state index is -4.96. The Morgan fingerprint density at radius 1 is 0.279 bits per heavy atom. The molecule has 0 heterocycles. The summed E-state index contributed by atoms with van der Waals surface area (Å²) in [5.74, 6) is -0.456. The van der Waals surface area contributed by atoms with E-state index in [1.807, 2.05) is 0 Å². The summed E-state index contributed by atoms with van der Waals surface area (Å²) in [6.45, 7) is 9.70. The molecule has 0 aliphatic rings. The molecule has 0 aromatic heterocycles. The van der Waals surface area contributed by atoms with Gasteiger partial charge in [-0.3, -0.25) is 37.3 Å². The highest BCUT2D eigenvalue weighted by Crippen LogP contribution is 2.45. The second-order valence-electron chi connectivity index (χ2n) is 31.3. The summed E-state index contributed by atoms with van der Waals surface area (Å²) in [4.78, 5) is 73.0. The summed E-state index contributed by atoms with van der Waals surface area (Å²) in [5, 5.41) is 10.7. The highest BCUT2D eigenvalue weighted by atomic mass is 31.2. The van der Waals surface area contributed by atoms with E-state index in [9.17, 15) is 43.2 Å². The highest BCUT2D eigenvalue weighted by Gasteiger charge is 2.30. The summed E-state index contributed by atoms with van der Waals surface area (Å²) < 4.78 is 68.7. The van der Waals surface area contributed by atoms with Crippen LogP contribution < -0.4 is 0 Å². The van der Waals surface area contributed by atoms with Crippen LogP contribution in [0.15, 0.2) is 0 Å². The van der Waals surface area contributed by atoms with Crippen molar-refractivity contribution in [3.05, 3.63) is 0 Å². The lowest BCUT2D eigenvalue weighted by atomic mass is 9.99. The average Bonchev–Trinajstić information content (AvgIpc) is 1.06. The van der Waals surface area contributed by atoms with Gasteiger partial charge in [0.05, 0.1) is 26.4 Å². The third kappa shape index (κ3) is 76.8. The quantitative estimate of drug-likeness (QED) is 0.0222. The van der Waals surface area contributed by atoms with Crippen LogP contribution in [-0.4, -0.2) is 96.7 Å². The first-order valence-corrected chi connectivity index (χ1v) is 47.0. The molecule has 0 saturated carbocycles. The van der Waals surface area contributed by atoms with Crippen molar-refractivity contribution >= 4 is 39.5 Å². The molecular weight excluding hydrogens is 1350 g/mol. The van der Waals surface area contributed by atoms with Crippen molar-refractivity contribution < 1.29 is 80.2 Å². The van der Waals surface area contributed by atoms with Crippen LogP contribution in [0.3, 0.4) is 0 Å². The van der Waals surface area contributed by atoms with Crippen molar-refractivity contribution in [1.29, 1.82) is 0 Å². The van der Waals surface area contributed by atoms with E-state index < -0.39 is 97.5 Å². The number of aliphatic hydroxyl groups excluding tert-OH is 1. The smallest absolute Gasteiger partial charge is 0.462 e. The lowest BCUT2D eigenvalue weighted by molar-refractivity contribution is -0.161. The Hall–Kier alpha value is -1.94. The van der Waals surface area contributed by atoms with E-state index >= 15 is 0 Å². The fourth-order valence-electron chi connectivity index (χ4n) is 13.2. The predicted octanol–water partition coefficient (Wildman–Crippen LogP) is 25.8. The molecule has 0 fully saturated rings. The Kier molecular flexibility index (Phi) is 75.0. The van der Waals surface area contributed by atoms with Gasteiger partial charge in [-0.2, -0.15) is 0 Å². The number of ether oxygens (including phenoxy) is 4. The monoisotopic (exact) mass is 1520 g/mol. The summed E-state index contributed by atoms with van der Waals surface area (Å²) >= 11 is 0. The zero-order valence-electron chi connectivity index (χ0n) is 68.3. The summed E-state index contributed by atoms with van der Waals surface area (Å²) in [5.41, 5.74) is 0. The Morgan fingerprint density at radius 2 is 0.490 bits per heavy atom. The van der Waals surface area contributed by atoms with E-state index in [1.165, 1.54) is 257 Å². The molecule has 19 heteroatoms. The fourth-order valence-corrected chi connectivity index (χ4v) is 14.8. The average molecular weight is 1520 g/mol. The molecule has 3 unspecified atom stereocenters. The van der Waals surface area contributed by atoms with Crippen LogP contribution in [-0.2, 0) is 65.4 Å². The Morgan fingerprint density at radius 3 is 0.731 bits per heavy atom. The minimum absolute atomic E-state index is 0.108. The van der Waals surface area contributed by atoms with E-state index in [-0.39, 0.29) is 25.7 Å². The summed E-state index contributed by atoms with van der Waals surface area (Å²) in [6, 6.07) is 0. The van der Waals surface area contributed by atoms with Crippen LogP contribution in [0.2, 0.25) is 0 Å². The predicted molar refractivity (Wildman–Crippen MR) is 428 cm³/mol. The van der Waals surface area contributed by atoms with Crippen molar-refractivity contribution in [2.75, 3.05) is 39.6 Å². The van der Waals surface area contributed by atoms with Crippen LogP contribution >= 0.6 is 15.6 Å². The van der Waals surface area contributed by atoms with Gasteiger partial charge in [0.1, 0.15) is 19.3 Å². The number of rotatable bonds is 84. The number of carbonyl (C=O) groups is 4. The first kappa shape index (κ1) is 102. The van der Waals surface area contributed by atoms with Crippen molar-refractivity contribution in [2.45, 2.75) is 471 Å². The van der Waals surface area contributed by atoms with Gasteiger partial charge in [0.25, 0.3) is 0 Å². The largest absolute Gasteiger partial charge is 0.472 e. The van der Waals surface area contributed by atoms with Gasteiger partial charge in [-0.05, 0) is 37.5 Å². The molecule has 6 atom stereocenters. The molecule has 0 aromatic rings. The number of esters is 4. The lowest BCUT2D eigenvalue weighted by Crippen LogP contribution is -2.30. The van der Waals surface area contributed by atoms with E-state index in [1.54, 1.807) is 0 Å².